The van der Waals surface area contributed by atoms with Crippen LogP contribution < -0.4 is 10.6 Å². The second kappa shape index (κ2) is 7.17. The van der Waals surface area contributed by atoms with Gasteiger partial charge in [-0.15, -0.1) is 0 Å². The highest BCUT2D eigenvalue weighted by atomic mass is 19.1. The van der Waals surface area contributed by atoms with Gasteiger partial charge >= 0.3 is 0 Å². The minimum atomic E-state index is -0.541. The molecule has 0 aromatic heterocycles. The fourth-order valence-electron chi connectivity index (χ4n) is 4.29. The van der Waals surface area contributed by atoms with Gasteiger partial charge in [-0.1, -0.05) is 36.4 Å². The fourth-order valence-corrected chi connectivity index (χ4v) is 4.29. The Hall–Kier alpha value is -2.24. The van der Waals surface area contributed by atoms with E-state index in [0.29, 0.717) is 34.9 Å². The molecule has 0 bridgehead atoms. The van der Waals surface area contributed by atoms with Crippen LogP contribution in [0, 0.1) is 17.7 Å². The second-order valence-corrected chi connectivity index (χ2v) is 7.32. The van der Waals surface area contributed by atoms with E-state index in [1.165, 1.54) is 6.07 Å². The first kappa shape index (κ1) is 17.2. The predicted octanol–water partition coefficient (Wildman–Crippen LogP) is 2.58. The lowest BCUT2D eigenvalue weighted by Gasteiger charge is -2.35. The Labute approximate surface area is 152 Å². The zero-order valence-electron chi connectivity index (χ0n) is 14.5. The summed E-state index contributed by atoms with van der Waals surface area (Å²) < 4.78 is 14.2. The summed E-state index contributed by atoms with van der Waals surface area (Å²) in [7, 11) is 0. The molecule has 0 radical (unpaired) electrons. The Balaban J connectivity index is 1.57. The van der Waals surface area contributed by atoms with Gasteiger partial charge in [-0.3, -0.25) is 4.79 Å². The third-order valence-electron chi connectivity index (χ3n) is 5.70. The van der Waals surface area contributed by atoms with Gasteiger partial charge in [0, 0.05) is 11.1 Å². The van der Waals surface area contributed by atoms with E-state index >= 15 is 0 Å². The molecule has 2 aromatic carbocycles. The molecular formula is C21H23FN2O2. The van der Waals surface area contributed by atoms with Crippen LogP contribution >= 0.6 is 0 Å². The summed E-state index contributed by atoms with van der Waals surface area (Å²) in [6.45, 7) is 1.88. The molecule has 4 atom stereocenters. The maximum Gasteiger partial charge on any atom is 0.252 e. The molecule has 1 aliphatic carbocycles. The standard InChI is InChI=1S/C21H23FN2O2/c22-18-8-4-3-6-16(18)15-5-1-2-7-17(15)21(26)24-19-9-13-11-23-12-14(13)10-20(19)25/h1-8,13-14,19-20,23,25H,9-12H2,(H,24,26)/t13-,14+,19-,20-/m0/s1. The van der Waals surface area contributed by atoms with Crippen molar-refractivity contribution in [2.24, 2.45) is 11.8 Å². The van der Waals surface area contributed by atoms with E-state index in [2.05, 4.69) is 10.6 Å². The van der Waals surface area contributed by atoms with Gasteiger partial charge in [0.1, 0.15) is 5.82 Å². The maximum absolute atomic E-state index is 14.2. The molecule has 2 aromatic rings. The van der Waals surface area contributed by atoms with Gasteiger partial charge in [0.2, 0.25) is 0 Å². The van der Waals surface area contributed by atoms with Crippen molar-refractivity contribution in [3.05, 3.63) is 59.9 Å². The number of rotatable bonds is 3. The molecule has 3 N–H and O–H groups in total. The van der Waals surface area contributed by atoms with E-state index in [-0.39, 0.29) is 17.8 Å². The van der Waals surface area contributed by atoms with Crippen molar-refractivity contribution in [2.75, 3.05) is 13.1 Å². The maximum atomic E-state index is 14.2. The number of halogens is 1. The Morgan fingerprint density at radius 3 is 2.42 bits per heavy atom. The molecule has 4 nitrogen and oxygen atoms in total. The summed E-state index contributed by atoms with van der Waals surface area (Å²) in [5.74, 6) is 0.358. The van der Waals surface area contributed by atoms with Crippen LogP contribution in [-0.4, -0.2) is 36.2 Å². The number of aliphatic hydroxyl groups excluding tert-OH is 1. The smallest absolute Gasteiger partial charge is 0.252 e. The minimum absolute atomic E-state index is 0.266. The van der Waals surface area contributed by atoms with Gasteiger partial charge in [-0.2, -0.15) is 0 Å². The van der Waals surface area contributed by atoms with Crippen molar-refractivity contribution < 1.29 is 14.3 Å². The van der Waals surface area contributed by atoms with Crippen molar-refractivity contribution >= 4 is 5.91 Å². The number of carbonyl (C=O) groups is 1. The van der Waals surface area contributed by atoms with Crippen molar-refractivity contribution in [1.82, 2.24) is 10.6 Å². The summed E-state index contributed by atoms with van der Waals surface area (Å²) in [5, 5.41) is 16.8. The lowest BCUT2D eigenvalue weighted by Crippen LogP contribution is -2.49. The molecular weight excluding hydrogens is 331 g/mol. The number of aliphatic hydroxyl groups is 1. The fraction of sp³-hybridized carbons (Fsp3) is 0.381. The zero-order chi connectivity index (χ0) is 18.1. The molecule has 2 aliphatic rings. The highest BCUT2D eigenvalue weighted by Crippen LogP contribution is 2.33. The zero-order valence-corrected chi connectivity index (χ0v) is 14.5. The predicted molar refractivity (Wildman–Crippen MR) is 98.2 cm³/mol. The van der Waals surface area contributed by atoms with E-state index in [1.54, 1.807) is 42.5 Å². The van der Waals surface area contributed by atoms with Crippen molar-refractivity contribution in [3.63, 3.8) is 0 Å². The normalized spacial score (nSPS) is 27.8. The van der Waals surface area contributed by atoms with Crippen LogP contribution in [-0.2, 0) is 0 Å². The van der Waals surface area contributed by atoms with E-state index in [4.69, 9.17) is 0 Å². The molecule has 1 saturated carbocycles. The molecule has 2 fully saturated rings. The Bertz CT molecular complexity index is 810. The van der Waals surface area contributed by atoms with E-state index in [0.717, 1.165) is 19.5 Å². The number of fused-ring (bicyclic) bond motifs is 1. The van der Waals surface area contributed by atoms with Gasteiger partial charge in [0.25, 0.3) is 5.91 Å². The Kier molecular flexibility index (Phi) is 4.74. The first-order chi connectivity index (χ1) is 12.6. The molecule has 4 rings (SSSR count). The van der Waals surface area contributed by atoms with Gasteiger partial charge in [-0.25, -0.2) is 4.39 Å². The first-order valence-corrected chi connectivity index (χ1v) is 9.17. The highest BCUT2D eigenvalue weighted by molar-refractivity contribution is 6.01. The average Bonchev–Trinajstić information content (AvgIpc) is 3.09. The monoisotopic (exact) mass is 354 g/mol. The van der Waals surface area contributed by atoms with Gasteiger partial charge in [0.05, 0.1) is 12.1 Å². The second-order valence-electron chi connectivity index (χ2n) is 7.32. The minimum Gasteiger partial charge on any atom is -0.391 e. The SMILES string of the molecule is O=C(N[C@H]1C[C@H]2CNC[C@H]2C[C@@H]1O)c1ccccc1-c1ccccc1F. The summed E-state index contributed by atoms with van der Waals surface area (Å²) in [6.07, 6.45) is 0.935. The van der Waals surface area contributed by atoms with Crippen LogP contribution in [0.2, 0.25) is 0 Å². The average molecular weight is 354 g/mol. The van der Waals surface area contributed by atoms with Gasteiger partial charge in [0.15, 0.2) is 0 Å². The molecule has 0 spiro atoms. The molecule has 1 aliphatic heterocycles. The largest absolute Gasteiger partial charge is 0.391 e. The number of amides is 1. The topological polar surface area (TPSA) is 61.4 Å². The van der Waals surface area contributed by atoms with Crippen LogP contribution in [0.5, 0.6) is 0 Å². The highest BCUT2D eigenvalue weighted by Gasteiger charge is 2.39. The quantitative estimate of drug-likeness (QED) is 0.794. The first-order valence-electron chi connectivity index (χ1n) is 9.17. The molecule has 26 heavy (non-hydrogen) atoms. The summed E-state index contributed by atoms with van der Waals surface area (Å²) in [4.78, 5) is 12.9. The molecule has 5 heteroatoms. The summed E-state index contributed by atoms with van der Waals surface area (Å²) in [5.41, 5.74) is 1.40. The van der Waals surface area contributed by atoms with Crippen molar-refractivity contribution in [1.29, 1.82) is 0 Å². The number of carbonyl (C=O) groups excluding carboxylic acids is 1. The van der Waals surface area contributed by atoms with Crippen molar-refractivity contribution in [2.45, 2.75) is 25.0 Å². The number of benzene rings is 2. The molecule has 1 heterocycles. The third kappa shape index (κ3) is 3.24. The third-order valence-corrected chi connectivity index (χ3v) is 5.70. The van der Waals surface area contributed by atoms with Gasteiger partial charge in [-0.05, 0) is 55.5 Å². The molecule has 1 saturated heterocycles. The molecule has 1 amide bonds. The number of nitrogens with one attached hydrogen (secondary N) is 2. The van der Waals surface area contributed by atoms with Crippen LogP contribution in [0.4, 0.5) is 4.39 Å². The lowest BCUT2D eigenvalue weighted by atomic mass is 9.77. The van der Waals surface area contributed by atoms with Crippen LogP contribution in [0.15, 0.2) is 48.5 Å². The molecule has 136 valence electrons. The lowest BCUT2D eigenvalue weighted by molar-refractivity contribution is 0.0462. The summed E-state index contributed by atoms with van der Waals surface area (Å²) in [6, 6.07) is 13.2. The van der Waals surface area contributed by atoms with Crippen LogP contribution in [0.25, 0.3) is 11.1 Å². The van der Waals surface area contributed by atoms with E-state index in [9.17, 15) is 14.3 Å². The van der Waals surface area contributed by atoms with E-state index < -0.39 is 6.10 Å². The molecule has 0 unspecified atom stereocenters. The van der Waals surface area contributed by atoms with Gasteiger partial charge < -0.3 is 15.7 Å². The Morgan fingerprint density at radius 1 is 1.00 bits per heavy atom. The van der Waals surface area contributed by atoms with Crippen LogP contribution in [0.3, 0.4) is 0 Å². The van der Waals surface area contributed by atoms with Crippen molar-refractivity contribution in [3.8, 4) is 11.1 Å². The number of hydrogen-bond acceptors (Lipinski definition) is 3. The van der Waals surface area contributed by atoms with E-state index in [1.807, 2.05) is 0 Å². The Morgan fingerprint density at radius 2 is 1.65 bits per heavy atom. The van der Waals surface area contributed by atoms with Crippen LogP contribution in [0.1, 0.15) is 23.2 Å². The number of hydrogen-bond donors (Lipinski definition) is 3. The summed E-state index contributed by atoms with van der Waals surface area (Å²) >= 11 is 0.